The Kier molecular flexibility index (Phi) is 8.82. The number of anilines is 1. The number of nitrogens with zero attached hydrogens (tertiary/aromatic N) is 4. The Morgan fingerprint density at radius 3 is 2.40 bits per heavy atom. The van der Waals surface area contributed by atoms with E-state index in [-0.39, 0.29) is 29.6 Å². The number of hydrogen-bond donors (Lipinski definition) is 3. The molecule has 0 radical (unpaired) electrons. The van der Waals surface area contributed by atoms with Crippen molar-refractivity contribution in [2.75, 3.05) is 57.8 Å². The van der Waals surface area contributed by atoms with Crippen LogP contribution in [0, 0.1) is 5.92 Å². The number of fused-ring (bicyclic) bond motifs is 3. The quantitative estimate of drug-likeness (QED) is 0.399. The van der Waals surface area contributed by atoms with Gasteiger partial charge in [-0.1, -0.05) is 12.1 Å². The van der Waals surface area contributed by atoms with Crippen LogP contribution in [0.2, 0.25) is 0 Å². The third-order valence-corrected chi connectivity index (χ3v) is 9.02. The van der Waals surface area contributed by atoms with Crippen LogP contribution >= 0.6 is 0 Å². The normalized spacial score (nSPS) is 22.3. The summed E-state index contributed by atoms with van der Waals surface area (Å²) in [5.41, 5.74) is 5.90. The molecule has 3 fully saturated rings. The van der Waals surface area contributed by atoms with Crippen molar-refractivity contribution in [1.29, 1.82) is 0 Å². The highest BCUT2D eigenvalue weighted by atomic mass is 16.6. The first-order valence-electron chi connectivity index (χ1n) is 16.0. The fraction of sp³-hybridized carbons (Fsp3) is 0.594. The molecule has 3 heterocycles. The van der Waals surface area contributed by atoms with Gasteiger partial charge in [0, 0.05) is 56.7 Å². The van der Waals surface area contributed by atoms with E-state index >= 15 is 0 Å². The number of ether oxygens (including phenoxy) is 2. The van der Waals surface area contributed by atoms with Crippen LogP contribution in [-0.4, -0.2) is 107 Å². The minimum Gasteiger partial charge on any atom is -0.444 e. The van der Waals surface area contributed by atoms with Gasteiger partial charge in [0.1, 0.15) is 5.60 Å². The molecule has 0 spiro atoms. The third kappa shape index (κ3) is 6.69. The Hall–Kier alpha value is -3.97. The van der Waals surface area contributed by atoms with E-state index in [1.165, 1.54) is 0 Å². The Labute approximate surface area is 262 Å². The number of aromatic amines is 1. The number of urea groups is 1. The van der Waals surface area contributed by atoms with E-state index in [9.17, 15) is 19.2 Å². The minimum atomic E-state index is -0.557. The van der Waals surface area contributed by atoms with Gasteiger partial charge in [-0.2, -0.15) is 5.10 Å². The van der Waals surface area contributed by atoms with Crippen LogP contribution in [0.3, 0.4) is 0 Å². The van der Waals surface area contributed by atoms with E-state index in [4.69, 9.17) is 9.47 Å². The summed E-state index contributed by atoms with van der Waals surface area (Å²) in [6.07, 6.45) is 3.32. The Balaban J connectivity index is 1.06. The molecule has 13 nitrogen and oxygen atoms in total. The molecule has 0 atom stereocenters. The summed E-state index contributed by atoms with van der Waals surface area (Å²) in [7, 11) is 0. The smallest absolute Gasteiger partial charge is 0.410 e. The number of nitrogens with one attached hydrogen (secondary N) is 3. The second-order valence-corrected chi connectivity index (χ2v) is 13.3. The van der Waals surface area contributed by atoms with Gasteiger partial charge >= 0.3 is 12.1 Å². The fourth-order valence-electron chi connectivity index (χ4n) is 6.80. The van der Waals surface area contributed by atoms with E-state index in [1.807, 2.05) is 37.8 Å². The van der Waals surface area contributed by atoms with Crippen LogP contribution in [0.4, 0.5) is 15.3 Å². The lowest BCUT2D eigenvalue weighted by molar-refractivity contribution is -0.136. The van der Waals surface area contributed by atoms with Gasteiger partial charge in [-0.3, -0.25) is 20.1 Å². The summed E-state index contributed by atoms with van der Waals surface area (Å²) in [6, 6.07) is 5.02. The number of benzene rings is 1. The molecule has 2 aliphatic carbocycles. The van der Waals surface area contributed by atoms with Crippen LogP contribution in [0.1, 0.15) is 80.4 Å². The Bertz CT molecular complexity index is 1450. The molecule has 4 aliphatic rings. The molecular formula is C32H43N7O6. The number of morpholine rings is 1. The van der Waals surface area contributed by atoms with E-state index < -0.39 is 11.6 Å². The highest BCUT2D eigenvalue weighted by Crippen LogP contribution is 2.45. The van der Waals surface area contributed by atoms with Crippen molar-refractivity contribution in [3.8, 4) is 11.3 Å². The van der Waals surface area contributed by atoms with Gasteiger partial charge in [-0.05, 0) is 58.9 Å². The zero-order valence-electron chi connectivity index (χ0n) is 26.3. The molecule has 2 saturated heterocycles. The van der Waals surface area contributed by atoms with Crippen LogP contribution < -0.4 is 10.7 Å². The number of H-pyrrole nitrogens is 1. The van der Waals surface area contributed by atoms with Gasteiger partial charge in [-0.15, -0.1) is 0 Å². The highest BCUT2D eigenvalue weighted by molar-refractivity contribution is 6.25. The first-order valence-corrected chi connectivity index (χ1v) is 16.0. The number of ketones is 1. The number of aromatic nitrogens is 2. The average molecular weight is 622 g/mol. The van der Waals surface area contributed by atoms with E-state index in [2.05, 4.69) is 20.9 Å². The van der Waals surface area contributed by atoms with Gasteiger partial charge in [0.25, 0.3) is 0 Å². The average Bonchev–Trinajstić information content (AvgIpc) is 3.45. The van der Waals surface area contributed by atoms with Crippen LogP contribution in [0.15, 0.2) is 18.2 Å². The van der Waals surface area contributed by atoms with Crippen molar-refractivity contribution >= 4 is 29.5 Å². The third-order valence-electron chi connectivity index (χ3n) is 9.02. The molecule has 13 heteroatoms. The van der Waals surface area contributed by atoms with Crippen LogP contribution in [-0.2, 0) is 14.3 Å². The molecule has 1 aromatic heterocycles. The van der Waals surface area contributed by atoms with E-state index in [1.54, 1.807) is 16.0 Å². The summed E-state index contributed by atoms with van der Waals surface area (Å²) in [6.45, 7) is 10.00. The molecule has 3 N–H and O–H groups in total. The van der Waals surface area contributed by atoms with Crippen molar-refractivity contribution in [3.63, 3.8) is 0 Å². The largest absolute Gasteiger partial charge is 0.444 e. The molecule has 2 aromatic rings. The maximum absolute atomic E-state index is 13.8. The van der Waals surface area contributed by atoms with E-state index in [0.717, 1.165) is 24.1 Å². The number of rotatable bonds is 4. The molecule has 1 aromatic carbocycles. The molecule has 0 unspecified atom stereocenters. The predicted octanol–water partition coefficient (Wildman–Crippen LogP) is 3.73. The highest BCUT2D eigenvalue weighted by Gasteiger charge is 2.39. The fourth-order valence-corrected chi connectivity index (χ4v) is 6.80. The lowest BCUT2D eigenvalue weighted by Crippen LogP contribution is -2.49. The maximum Gasteiger partial charge on any atom is 0.410 e. The molecule has 45 heavy (non-hydrogen) atoms. The van der Waals surface area contributed by atoms with Crippen LogP contribution in [0.25, 0.3) is 11.3 Å². The molecule has 6 rings (SSSR count). The topological polar surface area (TPSA) is 149 Å². The van der Waals surface area contributed by atoms with Crippen molar-refractivity contribution in [2.45, 2.75) is 64.4 Å². The van der Waals surface area contributed by atoms with Gasteiger partial charge in [0.05, 0.1) is 41.4 Å². The first kappa shape index (κ1) is 31.0. The second kappa shape index (κ2) is 12.8. The van der Waals surface area contributed by atoms with E-state index in [0.29, 0.717) is 94.3 Å². The minimum absolute atomic E-state index is 0.0557. The number of carbonyl (C=O) groups is 4. The Morgan fingerprint density at radius 1 is 0.956 bits per heavy atom. The van der Waals surface area contributed by atoms with Crippen molar-refractivity contribution in [2.24, 2.45) is 5.92 Å². The van der Waals surface area contributed by atoms with Crippen molar-refractivity contribution in [3.05, 3.63) is 35.0 Å². The second-order valence-electron chi connectivity index (χ2n) is 13.3. The molecule has 2 aliphatic heterocycles. The van der Waals surface area contributed by atoms with Gasteiger partial charge in [0.2, 0.25) is 5.91 Å². The lowest BCUT2D eigenvalue weighted by Gasteiger charge is -2.31. The molecule has 0 bridgehead atoms. The van der Waals surface area contributed by atoms with Crippen molar-refractivity contribution in [1.82, 2.24) is 30.4 Å². The SMILES string of the molecule is CC(C)(C)OC(=O)N1CCCN(C(=O)[C@H]2CC[C@H](c3n[nH]c4c3C(=O)c3c(NC(=O)NN5CCOCC5)cccc3-4)CC2)CC1. The standard InChI is InChI=1S/C32H43N7O6/c1-32(2,3)45-31(43)38-13-5-12-37(14-15-38)29(41)21-10-8-20(9-11-21)26-25-27(35-34-26)22-6-4-7-23(24(22)28(25)40)33-30(42)36-39-16-18-44-19-17-39/h4,6-7,20-21H,5,8-19H2,1-3H3,(H,34,35)(H2,33,36,42)/t20-,21-. The van der Waals surface area contributed by atoms with Gasteiger partial charge in [0.15, 0.2) is 5.78 Å². The predicted molar refractivity (Wildman–Crippen MR) is 166 cm³/mol. The number of carbonyl (C=O) groups excluding carboxylic acids is 4. The van der Waals surface area contributed by atoms with Crippen molar-refractivity contribution < 1.29 is 28.7 Å². The van der Waals surface area contributed by atoms with Gasteiger partial charge < -0.3 is 24.6 Å². The summed E-state index contributed by atoms with van der Waals surface area (Å²) in [5.74, 6) is -0.0419. The lowest BCUT2D eigenvalue weighted by atomic mass is 9.78. The summed E-state index contributed by atoms with van der Waals surface area (Å²) < 4.78 is 10.9. The molecule has 242 valence electrons. The Morgan fingerprint density at radius 2 is 1.67 bits per heavy atom. The number of hydrazine groups is 1. The molecular weight excluding hydrogens is 578 g/mol. The number of hydrogen-bond acceptors (Lipinski definition) is 8. The monoisotopic (exact) mass is 621 g/mol. The first-order chi connectivity index (χ1) is 21.6. The summed E-state index contributed by atoms with van der Waals surface area (Å²) >= 11 is 0. The van der Waals surface area contributed by atoms with Crippen LogP contribution in [0.5, 0.6) is 0 Å². The van der Waals surface area contributed by atoms with Gasteiger partial charge in [-0.25, -0.2) is 14.6 Å². The molecule has 4 amide bonds. The zero-order chi connectivity index (χ0) is 31.7. The summed E-state index contributed by atoms with van der Waals surface area (Å²) in [4.78, 5) is 56.2. The summed E-state index contributed by atoms with van der Waals surface area (Å²) in [5, 5.41) is 12.3. The molecule has 1 saturated carbocycles. The zero-order valence-corrected chi connectivity index (χ0v) is 26.3. The maximum atomic E-state index is 13.8. The number of amides is 4.